The van der Waals surface area contributed by atoms with Crippen LogP contribution in [0.1, 0.15) is 13.3 Å². The lowest BCUT2D eigenvalue weighted by atomic mass is 10.2. The van der Waals surface area contributed by atoms with Crippen LogP contribution in [0.3, 0.4) is 0 Å². The molecule has 0 unspecified atom stereocenters. The van der Waals surface area contributed by atoms with Gasteiger partial charge in [-0.1, -0.05) is 25.1 Å². The Kier molecular flexibility index (Phi) is 3.60. The third kappa shape index (κ3) is 2.60. The molecule has 0 saturated heterocycles. The van der Waals surface area contributed by atoms with Crippen LogP contribution < -0.4 is 4.90 Å². The van der Waals surface area contributed by atoms with Crippen LogP contribution in [0.4, 0.5) is 11.5 Å². The summed E-state index contributed by atoms with van der Waals surface area (Å²) in [6.07, 6.45) is 3.89. The Labute approximate surface area is 123 Å². The minimum atomic E-state index is 0.0158. The van der Waals surface area contributed by atoms with E-state index in [1.165, 1.54) is 0 Å². The second kappa shape index (κ2) is 5.71. The van der Waals surface area contributed by atoms with Gasteiger partial charge in [0.25, 0.3) is 0 Å². The maximum absolute atomic E-state index is 12.3. The average Bonchev–Trinajstić information content (AvgIpc) is 2.56. The van der Waals surface area contributed by atoms with Crippen LogP contribution in [0.15, 0.2) is 60.9 Å². The SMILES string of the molecule is CCC(=O)N(c1ccccc1)c1ccc2cnccc2n1. The van der Waals surface area contributed by atoms with Crippen molar-refractivity contribution in [3.05, 3.63) is 60.9 Å². The highest BCUT2D eigenvalue weighted by Crippen LogP contribution is 2.26. The molecule has 0 spiro atoms. The standard InChI is InChI=1S/C17H15N3O/c1-2-17(21)20(14-6-4-3-5-7-14)16-9-8-13-12-18-11-10-15(13)19-16/h3-12H,2H2,1H3. The van der Waals surface area contributed by atoms with Crippen molar-refractivity contribution < 1.29 is 4.79 Å². The fourth-order valence-corrected chi connectivity index (χ4v) is 2.22. The Morgan fingerprint density at radius 2 is 1.90 bits per heavy atom. The molecule has 0 atom stereocenters. The van der Waals surface area contributed by atoms with Gasteiger partial charge in [0.05, 0.1) is 11.2 Å². The molecule has 1 aromatic carbocycles. The fraction of sp³-hybridized carbons (Fsp3) is 0.118. The second-order valence-electron chi connectivity index (χ2n) is 4.66. The van der Waals surface area contributed by atoms with Crippen LogP contribution in [-0.2, 0) is 4.79 Å². The third-order valence-electron chi connectivity index (χ3n) is 3.27. The Hall–Kier alpha value is -2.75. The van der Waals surface area contributed by atoms with Crippen LogP contribution in [-0.4, -0.2) is 15.9 Å². The van der Waals surface area contributed by atoms with Crippen molar-refractivity contribution in [1.82, 2.24) is 9.97 Å². The maximum atomic E-state index is 12.3. The number of carbonyl (C=O) groups is 1. The lowest BCUT2D eigenvalue weighted by Crippen LogP contribution is -2.25. The Balaban J connectivity index is 2.12. The summed E-state index contributed by atoms with van der Waals surface area (Å²) in [5.41, 5.74) is 1.65. The van der Waals surface area contributed by atoms with Crippen molar-refractivity contribution in [1.29, 1.82) is 0 Å². The molecule has 0 radical (unpaired) electrons. The van der Waals surface area contributed by atoms with E-state index < -0.39 is 0 Å². The normalized spacial score (nSPS) is 10.5. The number of fused-ring (bicyclic) bond motifs is 1. The summed E-state index contributed by atoms with van der Waals surface area (Å²) < 4.78 is 0. The Morgan fingerprint density at radius 1 is 1.10 bits per heavy atom. The minimum absolute atomic E-state index is 0.0158. The summed E-state index contributed by atoms with van der Waals surface area (Å²) in [6, 6.07) is 15.2. The summed E-state index contributed by atoms with van der Waals surface area (Å²) in [7, 11) is 0. The average molecular weight is 277 g/mol. The molecular weight excluding hydrogens is 262 g/mol. The van der Waals surface area contributed by atoms with E-state index in [0.717, 1.165) is 16.6 Å². The van der Waals surface area contributed by atoms with Gasteiger partial charge in [-0.05, 0) is 30.3 Å². The van der Waals surface area contributed by atoms with E-state index in [1.807, 2.05) is 55.5 Å². The van der Waals surface area contributed by atoms with Crippen LogP contribution in [0.5, 0.6) is 0 Å². The molecule has 104 valence electrons. The van der Waals surface area contributed by atoms with Crippen molar-refractivity contribution in [2.75, 3.05) is 4.90 Å². The summed E-state index contributed by atoms with van der Waals surface area (Å²) in [5, 5.41) is 0.957. The topological polar surface area (TPSA) is 46.1 Å². The lowest BCUT2D eigenvalue weighted by molar-refractivity contribution is -0.117. The van der Waals surface area contributed by atoms with E-state index in [4.69, 9.17) is 0 Å². The Bertz CT molecular complexity index is 771. The fourth-order valence-electron chi connectivity index (χ4n) is 2.22. The number of benzene rings is 1. The van der Waals surface area contributed by atoms with Gasteiger partial charge in [-0.25, -0.2) is 4.98 Å². The van der Waals surface area contributed by atoms with Gasteiger partial charge >= 0.3 is 0 Å². The number of hydrogen-bond donors (Lipinski definition) is 0. The van der Waals surface area contributed by atoms with Crippen molar-refractivity contribution in [3.63, 3.8) is 0 Å². The van der Waals surface area contributed by atoms with E-state index >= 15 is 0 Å². The quantitative estimate of drug-likeness (QED) is 0.733. The molecule has 0 saturated carbocycles. The zero-order chi connectivity index (χ0) is 14.7. The second-order valence-corrected chi connectivity index (χ2v) is 4.66. The molecule has 1 amide bonds. The molecule has 0 N–H and O–H groups in total. The molecule has 2 aromatic heterocycles. The van der Waals surface area contributed by atoms with Gasteiger partial charge in [-0.2, -0.15) is 0 Å². The van der Waals surface area contributed by atoms with E-state index in [1.54, 1.807) is 17.3 Å². The van der Waals surface area contributed by atoms with Crippen LogP contribution in [0.25, 0.3) is 10.9 Å². The van der Waals surface area contributed by atoms with Crippen LogP contribution >= 0.6 is 0 Å². The van der Waals surface area contributed by atoms with E-state index in [-0.39, 0.29) is 5.91 Å². The number of aromatic nitrogens is 2. The molecule has 0 fully saturated rings. The van der Waals surface area contributed by atoms with Crippen molar-refractivity contribution in [3.8, 4) is 0 Å². The van der Waals surface area contributed by atoms with Gasteiger partial charge in [0.1, 0.15) is 5.82 Å². The monoisotopic (exact) mass is 277 g/mol. The molecule has 3 aromatic rings. The zero-order valence-corrected chi connectivity index (χ0v) is 11.7. The number of pyridine rings is 2. The van der Waals surface area contributed by atoms with Gasteiger partial charge in [0, 0.05) is 24.2 Å². The molecule has 21 heavy (non-hydrogen) atoms. The summed E-state index contributed by atoms with van der Waals surface area (Å²) in [5.74, 6) is 0.647. The number of hydrogen-bond acceptors (Lipinski definition) is 3. The van der Waals surface area contributed by atoms with Crippen molar-refractivity contribution in [2.45, 2.75) is 13.3 Å². The summed E-state index contributed by atoms with van der Waals surface area (Å²) >= 11 is 0. The number of amides is 1. The predicted molar refractivity (Wildman–Crippen MR) is 83.4 cm³/mol. The molecule has 4 heteroatoms. The molecule has 0 aliphatic rings. The first kappa shape index (κ1) is 13.2. The highest BCUT2D eigenvalue weighted by atomic mass is 16.2. The molecule has 3 rings (SSSR count). The third-order valence-corrected chi connectivity index (χ3v) is 3.27. The number of anilines is 2. The molecule has 0 aliphatic heterocycles. The molecule has 0 bridgehead atoms. The Morgan fingerprint density at radius 3 is 2.67 bits per heavy atom. The molecule has 2 heterocycles. The van der Waals surface area contributed by atoms with Crippen molar-refractivity contribution in [2.24, 2.45) is 0 Å². The van der Waals surface area contributed by atoms with E-state index in [9.17, 15) is 4.79 Å². The van der Waals surface area contributed by atoms with Crippen LogP contribution in [0.2, 0.25) is 0 Å². The first-order valence-electron chi connectivity index (χ1n) is 6.88. The summed E-state index contributed by atoms with van der Waals surface area (Å²) in [4.78, 5) is 22.6. The van der Waals surface area contributed by atoms with Gasteiger partial charge in [-0.3, -0.25) is 14.7 Å². The highest BCUT2D eigenvalue weighted by Gasteiger charge is 2.17. The highest BCUT2D eigenvalue weighted by molar-refractivity contribution is 6.00. The smallest absolute Gasteiger partial charge is 0.232 e. The largest absolute Gasteiger partial charge is 0.274 e. The molecular formula is C17H15N3O. The van der Waals surface area contributed by atoms with Crippen LogP contribution in [0, 0.1) is 0 Å². The minimum Gasteiger partial charge on any atom is -0.274 e. The lowest BCUT2D eigenvalue weighted by Gasteiger charge is -2.21. The molecule has 0 aliphatic carbocycles. The maximum Gasteiger partial charge on any atom is 0.232 e. The zero-order valence-electron chi connectivity index (χ0n) is 11.7. The number of carbonyl (C=O) groups excluding carboxylic acids is 1. The first-order chi connectivity index (χ1) is 10.3. The van der Waals surface area contributed by atoms with Gasteiger partial charge in [-0.15, -0.1) is 0 Å². The van der Waals surface area contributed by atoms with Gasteiger partial charge < -0.3 is 0 Å². The van der Waals surface area contributed by atoms with Gasteiger partial charge in [0.2, 0.25) is 5.91 Å². The predicted octanol–water partition coefficient (Wildman–Crippen LogP) is 3.70. The summed E-state index contributed by atoms with van der Waals surface area (Å²) in [6.45, 7) is 1.85. The number of para-hydroxylation sites is 1. The first-order valence-corrected chi connectivity index (χ1v) is 6.88. The van der Waals surface area contributed by atoms with E-state index in [0.29, 0.717) is 12.2 Å². The molecule has 4 nitrogen and oxygen atoms in total. The number of nitrogens with zero attached hydrogens (tertiary/aromatic N) is 3. The van der Waals surface area contributed by atoms with E-state index in [2.05, 4.69) is 9.97 Å². The van der Waals surface area contributed by atoms with Crippen molar-refractivity contribution >= 4 is 28.3 Å². The number of rotatable bonds is 3. The van der Waals surface area contributed by atoms with Gasteiger partial charge in [0.15, 0.2) is 0 Å².